The third-order valence-electron chi connectivity index (χ3n) is 5.35. The molecule has 0 saturated carbocycles. The summed E-state index contributed by atoms with van der Waals surface area (Å²) in [5.74, 6) is 2.38. The van der Waals surface area contributed by atoms with Crippen LogP contribution in [0.15, 0.2) is 59.5 Å². The molecule has 1 fully saturated rings. The van der Waals surface area contributed by atoms with Gasteiger partial charge < -0.3 is 4.74 Å². The van der Waals surface area contributed by atoms with Gasteiger partial charge in [0, 0.05) is 30.3 Å². The Kier molecular flexibility index (Phi) is 10.5. The first-order chi connectivity index (χ1) is 14.4. The molecule has 1 heterocycles. The lowest BCUT2D eigenvalue weighted by molar-refractivity contribution is 0.0410. The Hall–Kier alpha value is -0.940. The largest absolute Gasteiger partial charge is 0.379 e. The molecule has 0 N–H and O–H groups in total. The second kappa shape index (κ2) is 13.4. The van der Waals surface area contributed by atoms with Gasteiger partial charge in [0.05, 0.1) is 18.5 Å². The van der Waals surface area contributed by atoms with Crippen molar-refractivity contribution < 1.29 is 4.74 Å². The van der Waals surface area contributed by atoms with Crippen molar-refractivity contribution in [1.82, 2.24) is 4.90 Å². The van der Waals surface area contributed by atoms with E-state index in [4.69, 9.17) is 4.74 Å². The van der Waals surface area contributed by atoms with E-state index < -0.39 is 0 Å². The molecule has 0 aliphatic carbocycles. The maximum Gasteiger partial charge on any atom is 0.0594 e. The summed E-state index contributed by atoms with van der Waals surface area (Å²) in [6.07, 6.45) is 5.35. The summed E-state index contributed by atoms with van der Waals surface area (Å²) in [5, 5.41) is 0.404. The van der Waals surface area contributed by atoms with E-state index in [0.29, 0.717) is 5.25 Å². The van der Waals surface area contributed by atoms with Crippen molar-refractivity contribution in [2.75, 3.05) is 44.4 Å². The smallest absolute Gasteiger partial charge is 0.0594 e. The van der Waals surface area contributed by atoms with E-state index in [1.165, 1.54) is 47.5 Å². The molecule has 0 amide bonds. The first-order valence-electron chi connectivity index (χ1n) is 11.1. The monoisotopic (exact) mass is 429 g/mol. The Morgan fingerprint density at radius 2 is 1.59 bits per heavy atom. The topological polar surface area (TPSA) is 12.5 Å². The minimum Gasteiger partial charge on any atom is -0.379 e. The average Bonchev–Trinajstić information content (AvgIpc) is 2.78. The lowest BCUT2D eigenvalue weighted by atomic mass is 10.0. The molecule has 1 aliphatic heterocycles. The van der Waals surface area contributed by atoms with Crippen molar-refractivity contribution in [1.29, 1.82) is 0 Å². The lowest BCUT2D eigenvalue weighted by Gasteiger charge is -2.27. The SMILES string of the molecule is CCCCCCSc1ccc(C(SCCN2CCOCC2)c2ccccc2)cc1. The van der Waals surface area contributed by atoms with Gasteiger partial charge in [0.2, 0.25) is 0 Å². The number of nitrogens with zero attached hydrogens (tertiary/aromatic N) is 1. The van der Waals surface area contributed by atoms with E-state index in [2.05, 4.69) is 78.2 Å². The Bertz CT molecular complexity index is 671. The van der Waals surface area contributed by atoms with Gasteiger partial charge in [-0.1, -0.05) is 68.7 Å². The highest BCUT2D eigenvalue weighted by Crippen LogP contribution is 2.36. The number of morpholine rings is 1. The fourth-order valence-electron chi connectivity index (χ4n) is 3.59. The Morgan fingerprint density at radius 1 is 0.862 bits per heavy atom. The van der Waals surface area contributed by atoms with Crippen LogP contribution in [0.2, 0.25) is 0 Å². The van der Waals surface area contributed by atoms with Gasteiger partial charge >= 0.3 is 0 Å². The van der Waals surface area contributed by atoms with Gasteiger partial charge in [0.15, 0.2) is 0 Å². The molecule has 158 valence electrons. The fraction of sp³-hybridized carbons (Fsp3) is 0.520. The number of unbranched alkanes of at least 4 members (excludes halogenated alkanes) is 3. The molecule has 2 aromatic rings. The van der Waals surface area contributed by atoms with Crippen molar-refractivity contribution in [3.05, 3.63) is 65.7 Å². The second-order valence-electron chi connectivity index (χ2n) is 7.59. The van der Waals surface area contributed by atoms with E-state index in [1.807, 2.05) is 11.8 Å². The van der Waals surface area contributed by atoms with E-state index in [1.54, 1.807) is 0 Å². The molecule has 1 aliphatic rings. The van der Waals surface area contributed by atoms with E-state index >= 15 is 0 Å². The zero-order valence-corrected chi connectivity index (χ0v) is 19.4. The van der Waals surface area contributed by atoms with Crippen molar-refractivity contribution in [3.63, 3.8) is 0 Å². The predicted molar refractivity (Wildman–Crippen MR) is 129 cm³/mol. The van der Waals surface area contributed by atoms with Crippen LogP contribution in [0, 0.1) is 0 Å². The van der Waals surface area contributed by atoms with Crippen molar-refractivity contribution >= 4 is 23.5 Å². The molecule has 29 heavy (non-hydrogen) atoms. The Morgan fingerprint density at radius 3 is 2.31 bits per heavy atom. The van der Waals surface area contributed by atoms with Crippen LogP contribution in [0.5, 0.6) is 0 Å². The fourth-order valence-corrected chi connectivity index (χ4v) is 5.81. The van der Waals surface area contributed by atoms with E-state index in [9.17, 15) is 0 Å². The van der Waals surface area contributed by atoms with Gasteiger partial charge in [-0.05, 0) is 35.4 Å². The van der Waals surface area contributed by atoms with Crippen LogP contribution >= 0.6 is 23.5 Å². The predicted octanol–water partition coefficient (Wildman–Crippen LogP) is 6.51. The molecule has 1 saturated heterocycles. The Labute approximate surface area is 185 Å². The van der Waals surface area contributed by atoms with Gasteiger partial charge in [-0.25, -0.2) is 0 Å². The van der Waals surface area contributed by atoms with Crippen molar-refractivity contribution in [3.8, 4) is 0 Å². The molecule has 2 aromatic carbocycles. The molecule has 0 radical (unpaired) electrons. The number of rotatable bonds is 12. The van der Waals surface area contributed by atoms with Gasteiger partial charge in [-0.15, -0.1) is 23.5 Å². The number of hydrogen-bond acceptors (Lipinski definition) is 4. The third kappa shape index (κ3) is 8.01. The summed E-state index contributed by atoms with van der Waals surface area (Å²) in [7, 11) is 0. The normalized spacial score (nSPS) is 16.0. The highest BCUT2D eigenvalue weighted by Gasteiger charge is 2.16. The zero-order valence-electron chi connectivity index (χ0n) is 17.7. The molecule has 1 atom stereocenters. The molecular formula is C25H35NOS2. The minimum absolute atomic E-state index is 0.404. The van der Waals surface area contributed by atoms with Crippen LogP contribution in [0.3, 0.4) is 0 Å². The van der Waals surface area contributed by atoms with E-state index in [0.717, 1.165) is 38.6 Å². The van der Waals surface area contributed by atoms with Crippen LogP contribution in [0.4, 0.5) is 0 Å². The molecule has 2 nitrogen and oxygen atoms in total. The number of hydrogen-bond donors (Lipinski definition) is 0. The highest BCUT2D eigenvalue weighted by atomic mass is 32.2. The van der Waals surface area contributed by atoms with Crippen LogP contribution in [0.1, 0.15) is 49.0 Å². The third-order valence-corrected chi connectivity index (χ3v) is 7.74. The first kappa shape index (κ1) is 22.7. The maximum atomic E-state index is 5.47. The molecular weight excluding hydrogens is 394 g/mol. The van der Waals surface area contributed by atoms with Gasteiger partial charge in [-0.3, -0.25) is 4.90 Å². The van der Waals surface area contributed by atoms with Gasteiger partial charge in [0.1, 0.15) is 0 Å². The zero-order chi connectivity index (χ0) is 20.2. The van der Waals surface area contributed by atoms with Crippen LogP contribution in [0.25, 0.3) is 0 Å². The number of thioether (sulfide) groups is 2. The van der Waals surface area contributed by atoms with Crippen LogP contribution in [-0.2, 0) is 4.74 Å². The lowest BCUT2D eigenvalue weighted by Crippen LogP contribution is -2.37. The van der Waals surface area contributed by atoms with Gasteiger partial charge in [0.25, 0.3) is 0 Å². The standard InChI is InChI=1S/C25H35NOS2/c1-2-3-4-8-20-28-24-13-11-23(12-14-24)25(22-9-6-5-7-10-22)29-21-17-26-15-18-27-19-16-26/h5-7,9-14,25H,2-4,8,15-21H2,1H3. The number of benzene rings is 2. The molecule has 4 heteroatoms. The summed E-state index contributed by atoms with van der Waals surface area (Å²) in [4.78, 5) is 3.92. The minimum atomic E-state index is 0.404. The molecule has 0 bridgehead atoms. The molecule has 3 rings (SSSR count). The molecule has 1 unspecified atom stereocenters. The van der Waals surface area contributed by atoms with E-state index in [-0.39, 0.29) is 0 Å². The molecule has 0 spiro atoms. The molecule has 0 aromatic heterocycles. The van der Waals surface area contributed by atoms with Crippen molar-refractivity contribution in [2.45, 2.75) is 42.8 Å². The summed E-state index contributed by atoms with van der Waals surface area (Å²) in [5.41, 5.74) is 2.82. The summed E-state index contributed by atoms with van der Waals surface area (Å²) in [6.45, 7) is 7.31. The van der Waals surface area contributed by atoms with Crippen LogP contribution < -0.4 is 0 Å². The number of ether oxygens (including phenoxy) is 1. The maximum absolute atomic E-state index is 5.47. The summed E-state index contributed by atoms with van der Waals surface area (Å²) in [6, 6.07) is 20.3. The average molecular weight is 430 g/mol. The quantitative estimate of drug-likeness (QED) is 0.281. The highest BCUT2D eigenvalue weighted by molar-refractivity contribution is 7.99. The summed E-state index contributed by atoms with van der Waals surface area (Å²) < 4.78 is 5.47. The van der Waals surface area contributed by atoms with Gasteiger partial charge in [-0.2, -0.15) is 0 Å². The Balaban J connectivity index is 1.56. The van der Waals surface area contributed by atoms with Crippen molar-refractivity contribution in [2.24, 2.45) is 0 Å². The summed E-state index contributed by atoms with van der Waals surface area (Å²) >= 11 is 4.06. The first-order valence-corrected chi connectivity index (χ1v) is 13.1. The second-order valence-corrected chi connectivity index (χ2v) is 9.97. The van der Waals surface area contributed by atoms with Crippen LogP contribution in [-0.4, -0.2) is 49.3 Å².